The number of benzene rings is 1. The second-order valence-electron chi connectivity index (χ2n) is 10.2. The summed E-state index contributed by atoms with van der Waals surface area (Å²) in [4.78, 5) is 29.0. The van der Waals surface area contributed by atoms with E-state index < -0.39 is 5.41 Å². The average molecular weight is 481 g/mol. The van der Waals surface area contributed by atoms with Crippen molar-refractivity contribution in [1.82, 2.24) is 10.3 Å². The van der Waals surface area contributed by atoms with Crippen LogP contribution in [0.15, 0.2) is 60.2 Å². The first-order valence-electron chi connectivity index (χ1n) is 12.4. The van der Waals surface area contributed by atoms with Gasteiger partial charge in [-0.2, -0.15) is 5.26 Å². The molecule has 3 fully saturated rings. The Morgan fingerprint density at radius 3 is 2.97 bits per heavy atom. The number of allylic oxidation sites excluding steroid dienone is 4. The van der Waals surface area contributed by atoms with E-state index in [0.29, 0.717) is 36.4 Å². The molecule has 0 radical (unpaired) electrons. The summed E-state index contributed by atoms with van der Waals surface area (Å²) < 4.78 is 12.4. The van der Waals surface area contributed by atoms with Crippen LogP contribution in [0.1, 0.15) is 47.2 Å². The van der Waals surface area contributed by atoms with Gasteiger partial charge in [0.2, 0.25) is 5.91 Å². The molecule has 36 heavy (non-hydrogen) atoms. The lowest BCUT2D eigenvalue weighted by atomic mass is 9.93. The number of amides is 2. The Balaban J connectivity index is 1.02. The topological polar surface area (TPSA) is 113 Å². The van der Waals surface area contributed by atoms with Crippen LogP contribution in [0.4, 0.5) is 5.82 Å². The van der Waals surface area contributed by atoms with Gasteiger partial charge in [0.1, 0.15) is 29.2 Å². The number of carbonyl (C=O) groups is 2. The number of nitrogens with zero attached hydrogens (tertiary/aromatic N) is 2. The van der Waals surface area contributed by atoms with Crippen molar-refractivity contribution in [1.29, 1.82) is 5.26 Å². The number of anilines is 1. The molecule has 4 atom stereocenters. The van der Waals surface area contributed by atoms with E-state index in [1.807, 2.05) is 36.4 Å². The summed E-state index contributed by atoms with van der Waals surface area (Å²) in [6.45, 7) is 0. The van der Waals surface area contributed by atoms with E-state index in [4.69, 9.17) is 9.47 Å². The minimum absolute atomic E-state index is 0.0288. The van der Waals surface area contributed by atoms with Gasteiger partial charge >= 0.3 is 0 Å². The van der Waals surface area contributed by atoms with Gasteiger partial charge in [0.15, 0.2) is 0 Å². The quantitative estimate of drug-likeness (QED) is 0.677. The predicted octanol–water partition coefficient (Wildman–Crippen LogP) is 3.52. The maximum absolute atomic E-state index is 13.0. The van der Waals surface area contributed by atoms with Crippen molar-refractivity contribution < 1.29 is 19.1 Å². The fourth-order valence-corrected chi connectivity index (χ4v) is 5.76. The van der Waals surface area contributed by atoms with Crippen LogP contribution < -0.4 is 15.4 Å². The fourth-order valence-electron chi connectivity index (χ4n) is 5.76. The monoisotopic (exact) mass is 480 g/mol. The van der Waals surface area contributed by atoms with Crippen LogP contribution in [-0.4, -0.2) is 28.9 Å². The van der Waals surface area contributed by atoms with Crippen molar-refractivity contribution in [2.75, 3.05) is 5.32 Å². The lowest BCUT2D eigenvalue weighted by Crippen LogP contribution is -2.31. The molecule has 4 unspecified atom stereocenters. The van der Waals surface area contributed by atoms with Crippen LogP contribution in [0.2, 0.25) is 0 Å². The number of nitrogens with one attached hydrogen (secondary N) is 2. The highest BCUT2D eigenvalue weighted by molar-refractivity contribution is 5.95. The van der Waals surface area contributed by atoms with E-state index in [2.05, 4.69) is 21.7 Å². The van der Waals surface area contributed by atoms with Crippen LogP contribution in [0.25, 0.3) is 0 Å². The predicted molar refractivity (Wildman–Crippen MR) is 129 cm³/mol. The Hall–Kier alpha value is -4.12. The number of ether oxygens (including phenoxy) is 2. The fraction of sp³-hybridized carbons (Fsp3) is 0.357. The number of fused-ring (bicyclic) bond motifs is 4. The zero-order valence-electron chi connectivity index (χ0n) is 19.5. The summed E-state index contributed by atoms with van der Waals surface area (Å²) in [5.74, 6) is 3.24. The summed E-state index contributed by atoms with van der Waals surface area (Å²) in [7, 11) is 0. The first-order valence-corrected chi connectivity index (χ1v) is 12.4. The number of rotatable bonds is 5. The molecule has 3 heterocycles. The van der Waals surface area contributed by atoms with E-state index in [0.717, 1.165) is 35.5 Å². The van der Waals surface area contributed by atoms with Crippen molar-refractivity contribution in [3.63, 3.8) is 0 Å². The highest BCUT2D eigenvalue weighted by Gasteiger charge is 2.64. The highest BCUT2D eigenvalue weighted by Crippen LogP contribution is 2.55. The Bertz CT molecular complexity index is 1420. The van der Waals surface area contributed by atoms with Crippen molar-refractivity contribution in [3.05, 3.63) is 76.9 Å². The van der Waals surface area contributed by atoms with Crippen LogP contribution in [0.3, 0.4) is 0 Å². The Morgan fingerprint density at radius 2 is 2.14 bits per heavy atom. The third-order valence-corrected chi connectivity index (χ3v) is 8.02. The second kappa shape index (κ2) is 7.69. The minimum Gasteiger partial charge on any atom is -0.492 e. The first-order chi connectivity index (χ1) is 17.5. The van der Waals surface area contributed by atoms with Gasteiger partial charge in [0.25, 0.3) is 5.91 Å². The van der Waals surface area contributed by atoms with Gasteiger partial charge < -0.3 is 20.1 Å². The first kappa shape index (κ1) is 21.2. The minimum atomic E-state index is -0.417. The van der Waals surface area contributed by atoms with Crippen LogP contribution >= 0.6 is 0 Å². The molecule has 2 saturated carbocycles. The van der Waals surface area contributed by atoms with Crippen LogP contribution in [-0.2, 0) is 21.4 Å². The molecular formula is C28H24N4O4. The van der Waals surface area contributed by atoms with Gasteiger partial charge in [-0.15, -0.1) is 0 Å². The molecule has 0 bridgehead atoms. The molecule has 2 N–H and O–H groups in total. The van der Waals surface area contributed by atoms with Crippen molar-refractivity contribution in [3.8, 4) is 11.8 Å². The number of pyridine rings is 1. The van der Waals surface area contributed by atoms with E-state index in [1.165, 1.54) is 0 Å². The smallest absolute Gasteiger partial charge is 0.251 e. The van der Waals surface area contributed by atoms with Crippen LogP contribution in [0, 0.1) is 23.2 Å². The number of hydrogen-bond donors (Lipinski definition) is 2. The second-order valence-corrected chi connectivity index (χ2v) is 10.2. The molecule has 1 saturated heterocycles. The van der Waals surface area contributed by atoms with Crippen molar-refractivity contribution >= 4 is 17.6 Å². The summed E-state index contributed by atoms with van der Waals surface area (Å²) >= 11 is 0. The lowest BCUT2D eigenvalue weighted by molar-refractivity contribution is -0.116. The van der Waals surface area contributed by atoms with E-state index in [9.17, 15) is 14.9 Å². The standard InChI is InChI=1S/C28H24N4O4/c29-14-28(9-10-28)16-3-1-2-15(12-16)27(34)32-24-23-19-13-17(4-6-20(19)36-25(23)24)35-21-8-11-30-26-18(21)5-7-22(33)31-26/h1-4,6,8,11-12,19,23-25H,5,7,9-10,13H2,(H,32,34)(H,30,31,33). The van der Waals surface area contributed by atoms with Gasteiger partial charge in [-0.05, 0) is 55.2 Å². The summed E-state index contributed by atoms with van der Waals surface area (Å²) in [5, 5.41) is 15.4. The zero-order valence-corrected chi connectivity index (χ0v) is 19.5. The van der Waals surface area contributed by atoms with Gasteiger partial charge in [-0.25, -0.2) is 4.98 Å². The third kappa shape index (κ3) is 3.38. The number of aromatic nitrogens is 1. The Kier molecular flexibility index (Phi) is 4.53. The molecule has 1 aromatic carbocycles. The summed E-state index contributed by atoms with van der Waals surface area (Å²) in [5.41, 5.74) is 2.00. The molecule has 0 spiro atoms. The Labute approximate surface area is 208 Å². The molecule has 2 aromatic rings. The van der Waals surface area contributed by atoms with Gasteiger partial charge in [-0.3, -0.25) is 9.59 Å². The molecule has 1 aromatic heterocycles. The number of nitriles is 1. The summed E-state index contributed by atoms with van der Waals surface area (Å²) in [6.07, 6.45) is 8.91. The zero-order chi connectivity index (χ0) is 24.4. The van der Waals surface area contributed by atoms with Gasteiger partial charge in [0.05, 0.1) is 17.5 Å². The van der Waals surface area contributed by atoms with E-state index in [1.54, 1.807) is 12.3 Å². The average Bonchev–Trinajstić information content (AvgIpc) is 3.79. The molecule has 2 amide bonds. The molecule has 7 rings (SSSR count). The Morgan fingerprint density at radius 1 is 1.25 bits per heavy atom. The van der Waals surface area contributed by atoms with Crippen molar-refractivity contribution in [2.45, 2.75) is 49.7 Å². The largest absolute Gasteiger partial charge is 0.492 e. The lowest BCUT2D eigenvalue weighted by Gasteiger charge is -2.24. The third-order valence-electron chi connectivity index (χ3n) is 8.02. The molecule has 2 aliphatic heterocycles. The van der Waals surface area contributed by atoms with Gasteiger partial charge in [-0.1, -0.05) is 12.1 Å². The molecule has 8 heteroatoms. The van der Waals surface area contributed by atoms with E-state index in [-0.39, 0.29) is 35.8 Å². The molecule has 5 aliphatic rings. The molecule has 180 valence electrons. The maximum atomic E-state index is 13.0. The highest BCUT2D eigenvalue weighted by atomic mass is 16.5. The van der Waals surface area contributed by atoms with Crippen LogP contribution in [0.5, 0.6) is 5.75 Å². The molecule has 8 nitrogen and oxygen atoms in total. The number of hydrogen-bond acceptors (Lipinski definition) is 6. The number of carbonyl (C=O) groups excluding carboxylic acids is 2. The normalized spacial score (nSPS) is 28.0. The molecular weight excluding hydrogens is 456 g/mol. The summed E-state index contributed by atoms with van der Waals surface area (Å²) in [6, 6.07) is 11.6. The molecule has 3 aliphatic carbocycles. The maximum Gasteiger partial charge on any atom is 0.251 e. The SMILES string of the molecule is N#CC1(c2cccc(C(=O)NC3C4OC5=CC=C(Oc6ccnc7c6CCC(=O)N7)CC5C34)c2)CC1. The van der Waals surface area contributed by atoms with Gasteiger partial charge in [0, 0.05) is 42.0 Å². The van der Waals surface area contributed by atoms with Crippen molar-refractivity contribution in [2.24, 2.45) is 11.8 Å². The van der Waals surface area contributed by atoms with E-state index >= 15 is 0 Å².